The fourth-order valence-electron chi connectivity index (χ4n) is 2.99. The highest BCUT2D eigenvalue weighted by Crippen LogP contribution is 2.20. The number of hydrogen-bond acceptors (Lipinski definition) is 3. The van der Waals surface area contributed by atoms with Gasteiger partial charge in [0.05, 0.1) is 13.2 Å². The summed E-state index contributed by atoms with van der Waals surface area (Å²) >= 11 is 0. The van der Waals surface area contributed by atoms with Crippen molar-refractivity contribution in [2.75, 3.05) is 18.5 Å². The smallest absolute Gasteiger partial charge is 0.121 e. The van der Waals surface area contributed by atoms with Gasteiger partial charge in [-0.2, -0.15) is 0 Å². The normalized spacial score (nSPS) is 10.7. The molecule has 3 aromatic carbocycles. The second-order valence-corrected chi connectivity index (χ2v) is 7.64. The van der Waals surface area contributed by atoms with E-state index in [1.807, 2.05) is 30.3 Å². The van der Waals surface area contributed by atoms with Gasteiger partial charge in [0.25, 0.3) is 0 Å². The van der Waals surface area contributed by atoms with E-state index in [0.29, 0.717) is 12.5 Å². The van der Waals surface area contributed by atoms with Crippen molar-refractivity contribution < 1.29 is 9.47 Å². The summed E-state index contributed by atoms with van der Waals surface area (Å²) < 4.78 is 11.8. The Bertz CT molecular complexity index is 861. The lowest BCUT2D eigenvalue weighted by Gasteiger charge is -2.12. The van der Waals surface area contributed by atoms with Crippen LogP contribution in [0.3, 0.4) is 0 Å². The summed E-state index contributed by atoms with van der Waals surface area (Å²) in [5.41, 5.74) is 3.54. The zero-order valence-electron chi connectivity index (χ0n) is 17.4. The Hall–Kier alpha value is -2.94. The van der Waals surface area contributed by atoms with E-state index in [-0.39, 0.29) is 0 Å². The molecule has 0 aromatic heterocycles. The molecule has 3 aromatic rings. The van der Waals surface area contributed by atoms with Crippen LogP contribution < -0.4 is 14.8 Å². The Morgan fingerprint density at radius 2 is 1.41 bits per heavy atom. The fourth-order valence-corrected chi connectivity index (χ4v) is 2.99. The van der Waals surface area contributed by atoms with E-state index >= 15 is 0 Å². The lowest BCUT2D eigenvalue weighted by molar-refractivity contribution is 0.289. The summed E-state index contributed by atoms with van der Waals surface area (Å²) in [6.07, 6.45) is 1.97. The van der Waals surface area contributed by atoms with Crippen LogP contribution in [0.15, 0.2) is 78.9 Å². The molecule has 3 rings (SSSR count). The molecule has 3 nitrogen and oxygen atoms in total. The Balaban J connectivity index is 1.47. The Morgan fingerprint density at radius 1 is 0.724 bits per heavy atom. The largest absolute Gasteiger partial charge is 0.494 e. The summed E-state index contributed by atoms with van der Waals surface area (Å²) in [5.74, 6) is 2.47. The second kappa shape index (κ2) is 11.2. The molecule has 0 spiro atoms. The molecule has 0 fully saturated rings. The van der Waals surface area contributed by atoms with E-state index in [0.717, 1.165) is 43.2 Å². The average Bonchev–Trinajstić information content (AvgIpc) is 2.73. The van der Waals surface area contributed by atoms with Crippen molar-refractivity contribution in [3.8, 4) is 11.5 Å². The number of ether oxygens (including phenoxy) is 2. The van der Waals surface area contributed by atoms with Crippen LogP contribution in [0.1, 0.15) is 31.4 Å². The molecule has 0 saturated carbocycles. The second-order valence-electron chi connectivity index (χ2n) is 7.64. The van der Waals surface area contributed by atoms with Gasteiger partial charge in [-0.15, -0.1) is 0 Å². The lowest BCUT2D eigenvalue weighted by Crippen LogP contribution is -2.04. The van der Waals surface area contributed by atoms with Crippen molar-refractivity contribution >= 4 is 5.69 Å². The monoisotopic (exact) mass is 389 g/mol. The molecule has 0 saturated heterocycles. The van der Waals surface area contributed by atoms with Crippen LogP contribution in [-0.2, 0) is 13.0 Å². The predicted octanol–water partition coefficient (Wildman–Crippen LogP) is 6.35. The van der Waals surface area contributed by atoms with Crippen LogP contribution in [0.2, 0.25) is 0 Å². The van der Waals surface area contributed by atoms with Crippen molar-refractivity contribution in [2.45, 2.75) is 33.2 Å². The van der Waals surface area contributed by atoms with Crippen molar-refractivity contribution in [3.05, 3.63) is 90.0 Å². The molecular formula is C26H31NO2. The van der Waals surface area contributed by atoms with Crippen LogP contribution in [0.4, 0.5) is 5.69 Å². The highest BCUT2D eigenvalue weighted by Gasteiger charge is 2.01. The zero-order valence-corrected chi connectivity index (χ0v) is 17.4. The molecule has 0 bridgehead atoms. The third kappa shape index (κ3) is 7.53. The van der Waals surface area contributed by atoms with E-state index in [2.05, 4.69) is 67.7 Å². The van der Waals surface area contributed by atoms with E-state index in [1.54, 1.807) is 0 Å². The maximum absolute atomic E-state index is 5.94. The molecule has 1 N–H and O–H groups in total. The summed E-state index contributed by atoms with van der Waals surface area (Å²) in [6, 6.07) is 26.8. The van der Waals surface area contributed by atoms with Crippen LogP contribution >= 0.6 is 0 Å². The Labute approximate surface area is 174 Å². The highest BCUT2D eigenvalue weighted by molar-refractivity contribution is 5.48. The molecule has 29 heavy (non-hydrogen) atoms. The molecule has 0 radical (unpaired) electrons. The summed E-state index contributed by atoms with van der Waals surface area (Å²) in [4.78, 5) is 0. The van der Waals surface area contributed by atoms with Crippen LogP contribution in [0, 0.1) is 5.92 Å². The Morgan fingerprint density at radius 3 is 2.21 bits per heavy atom. The maximum Gasteiger partial charge on any atom is 0.121 e. The minimum atomic E-state index is 0.651. The molecule has 0 aliphatic heterocycles. The lowest BCUT2D eigenvalue weighted by atomic mass is 10.1. The van der Waals surface area contributed by atoms with Crippen LogP contribution in [0.25, 0.3) is 0 Å². The van der Waals surface area contributed by atoms with Gasteiger partial charge in [0.1, 0.15) is 11.5 Å². The van der Waals surface area contributed by atoms with Gasteiger partial charge < -0.3 is 14.8 Å². The van der Waals surface area contributed by atoms with Crippen molar-refractivity contribution in [1.29, 1.82) is 0 Å². The molecule has 0 aliphatic carbocycles. The number of hydrogen-bond donors (Lipinski definition) is 1. The minimum absolute atomic E-state index is 0.651. The molecule has 0 amide bonds. The van der Waals surface area contributed by atoms with Gasteiger partial charge in [-0.05, 0) is 47.7 Å². The molecule has 0 unspecified atom stereocenters. The van der Waals surface area contributed by atoms with Crippen molar-refractivity contribution in [3.63, 3.8) is 0 Å². The van der Waals surface area contributed by atoms with Crippen molar-refractivity contribution in [1.82, 2.24) is 0 Å². The van der Waals surface area contributed by atoms with Crippen LogP contribution in [0.5, 0.6) is 11.5 Å². The predicted molar refractivity (Wildman–Crippen MR) is 121 cm³/mol. The fraction of sp³-hybridized carbons (Fsp3) is 0.308. The highest BCUT2D eigenvalue weighted by atomic mass is 16.5. The average molecular weight is 390 g/mol. The van der Waals surface area contributed by atoms with Crippen LogP contribution in [-0.4, -0.2) is 13.2 Å². The standard InChI is InChI=1S/C26H31NO2/c1-21(2)14-16-28-26-13-7-11-24(19-26)27-20-23-10-6-12-25(18-23)29-17-15-22-8-4-3-5-9-22/h3-13,18-19,21,27H,14-17,20H2,1-2H3. The van der Waals surface area contributed by atoms with E-state index in [9.17, 15) is 0 Å². The van der Waals surface area contributed by atoms with Crippen molar-refractivity contribution in [2.24, 2.45) is 5.92 Å². The molecule has 0 heterocycles. The number of rotatable bonds is 11. The first-order valence-electron chi connectivity index (χ1n) is 10.4. The zero-order chi connectivity index (χ0) is 20.3. The summed E-state index contributed by atoms with van der Waals surface area (Å²) in [6.45, 7) is 6.59. The molecule has 152 valence electrons. The minimum Gasteiger partial charge on any atom is -0.494 e. The molecular weight excluding hydrogens is 358 g/mol. The molecule has 0 aliphatic rings. The summed E-state index contributed by atoms with van der Waals surface area (Å²) in [5, 5.41) is 3.47. The topological polar surface area (TPSA) is 30.5 Å². The third-order valence-electron chi connectivity index (χ3n) is 4.70. The van der Waals surface area contributed by atoms with E-state index in [1.165, 1.54) is 11.1 Å². The third-order valence-corrected chi connectivity index (χ3v) is 4.70. The van der Waals surface area contributed by atoms with Gasteiger partial charge in [0.15, 0.2) is 0 Å². The first-order chi connectivity index (χ1) is 14.2. The first kappa shape index (κ1) is 20.8. The first-order valence-corrected chi connectivity index (χ1v) is 10.4. The van der Waals surface area contributed by atoms with Gasteiger partial charge in [-0.3, -0.25) is 0 Å². The quantitative estimate of drug-likeness (QED) is 0.415. The number of nitrogens with one attached hydrogen (secondary N) is 1. The van der Waals surface area contributed by atoms with E-state index < -0.39 is 0 Å². The molecule has 0 atom stereocenters. The summed E-state index contributed by atoms with van der Waals surface area (Å²) in [7, 11) is 0. The van der Waals surface area contributed by atoms with Gasteiger partial charge in [-0.25, -0.2) is 0 Å². The SMILES string of the molecule is CC(C)CCOc1cccc(NCc2cccc(OCCc3ccccc3)c2)c1. The van der Waals surface area contributed by atoms with E-state index in [4.69, 9.17) is 9.47 Å². The molecule has 3 heteroatoms. The van der Waals surface area contributed by atoms with Gasteiger partial charge >= 0.3 is 0 Å². The maximum atomic E-state index is 5.94. The Kier molecular flexibility index (Phi) is 8.00. The number of anilines is 1. The van der Waals surface area contributed by atoms with Gasteiger partial charge in [0.2, 0.25) is 0 Å². The van der Waals surface area contributed by atoms with Gasteiger partial charge in [-0.1, -0.05) is 62.4 Å². The number of benzene rings is 3. The van der Waals surface area contributed by atoms with Gasteiger partial charge in [0, 0.05) is 24.7 Å².